The summed E-state index contributed by atoms with van der Waals surface area (Å²) in [6.45, 7) is 2.62. The number of rotatable bonds is 6. The molecule has 3 atom stereocenters. The summed E-state index contributed by atoms with van der Waals surface area (Å²) in [4.78, 5) is 22.5. The molecule has 0 radical (unpaired) electrons. The maximum atomic E-state index is 12.0. The molecule has 0 aromatic heterocycles. The van der Waals surface area contributed by atoms with Crippen LogP contribution >= 0.6 is 0 Å². The molecule has 1 heterocycles. The van der Waals surface area contributed by atoms with Gasteiger partial charge in [-0.05, 0) is 19.1 Å². The molecule has 0 aliphatic carbocycles. The topological polar surface area (TPSA) is 108 Å². The van der Waals surface area contributed by atoms with Crippen LogP contribution in [0, 0.1) is 10.1 Å². The minimum atomic E-state index is -0.966. The SMILES string of the molecule is CC1NNC(C(=O)NCCNc2ccccc2)C1[N+](=O)[O-]. The maximum Gasteiger partial charge on any atom is 0.254 e. The molecular weight excluding hydrogens is 274 g/mol. The number of nitrogens with zero attached hydrogens (tertiary/aromatic N) is 1. The zero-order valence-corrected chi connectivity index (χ0v) is 11.7. The van der Waals surface area contributed by atoms with Crippen molar-refractivity contribution in [3.8, 4) is 0 Å². The van der Waals surface area contributed by atoms with Crippen molar-refractivity contribution in [2.75, 3.05) is 18.4 Å². The third-order valence-electron chi connectivity index (χ3n) is 3.37. The van der Waals surface area contributed by atoms with Crippen LogP contribution in [-0.4, -0.2) is 42.0 Å². The van der Waals surface area contributed by atoms with Crippen LogP contribution in [0.2, 0.25) is 0 Å². The molecule has 21 heavy (non-hydrogen) atoms. The number of amides is 1. The van der Waals surface area contributed by atoms with Crippen molar-refractivity contribution in [1.82, 2.24) is 16.2 Å². The number of carbonyl (C=O) groups is 1. The van der Waals surface area contributed by atoms with Crippen LogP contribution in [0.5, 0.6) is 0 Å². The van der Waals surface area contributed by atoms with E-state index in [1.54, 1.807) is 6.92 Å². The first-order valence-corrected chi connectivity index (χ1v) is 6.81. The van der Waals surface area contributed by atoms with Crippen molar-refractivity contribution in [3.05, 3.63) is 40.4 Å². The molecule has 8 nitrogen and oxygen atoms in total. The molecule has 1 aromatic carbocycles. The van der Waals surface area contributed by atoms with Gasteiger partial charge < -0.3 is 10.6 Å². The Morgan fingerprint density at radius 2 is 2.00 bits per heavy atom. The lowest BCUT2D eigenvalue weighted by molar-refractivity contribution is -0.523. The van der Waals surface area contributed by atoms with Crippen molar-refractivity contribution in [2.24, 2.45) is 0 Å². The molecule has 0 bridgehead atoms. The van der Waals surface area contributed by atoms with Gasteiger partial charge in [-0.15, -0.1) is 0 Å². The largest absolute Gasteiger partial charge is 0.383 e. The second-order valence-corrected chi connectivity index (χ2v) is 4.91. The van der Waals surface area contributed by atoms with Crippen molar-refractivity contribution >= 4 is 11.6 Å². The Kier molecular flexibility index (Phi) is 5.07. The van der Waals surface area contributed by atoms with E-state index in [4.69, 9.17) is 0 Å². The summed E-state index contributed by atoms with van der Waals surface area (Å²) in [5.74, 6) is -0.372. The van der Waals surface area contributed by atoms with E-state index in [0.717, 1.165) is 5.69 Å². The summed E-state index contributed by atoms with van der Waals surface area (Å²) >= 11 is 0. The second-order valence-electron chi connectivity index (χ2n) is 4.91. The molecule has 4 N–H and O–H groups in total. The van der Waals surface area contributed by atoms with E-state index in [9.17, 15) is 14.9 Å². The van der Waals surface area contributed by atoms with Crippen LogP contribution in [0.4, 0.5) is 5.69 Å². The number of benzene rings is 1. The fourth-order valence-electron chi connectivity index (χ4n) is 2.26. The predicted octanol–water partition coefficient (Wildman–Crippen LogP) is -0.275. The fraction of sp³-hybridized carbons (Fsp3) is 0.462. The molecule has 1 aliphatic rings. The number of hydrogen-bond acceptors (Lipinski definition) is 6. The summed E-state index contributed by atoms with van der Waals surface area (Å²) in [5, 5.41) is 16.8. The number of anilines is 1. The molecule has 1 fully saturated rings. The lowest BCUT2D eigenvalue weighted by atomic mass is 10.1. The van der Waals surface area contributed by atoms with E-state index in [2.05, 4.69) is 21.5 Å². The highest BCUT2D eigenvalue weighted by Crippen LogP contribution is 2.10. The minimum absolute atomic E-state index is 0.372. The van der Waals surface area contributed by atoms with E-state index in [-0.39, 0.29) is 5.91 Å². The number of para-hydroxylation sites is 1. The van der Waals surface area contributed by atoms with E-state index in [1.807, 2.05) is 30.3 Å². The van der Waals surface area contributed by atoms with Gasteiger partial charge in [0.1, 0.15) is 0 Å². The summed E-state index contributed by atoms with van der Waals surface area (Å²) < 4.78 is 0. The van der Waals surface area contributed by atoms with Gasteiger partial charge in [0.25, 0.3) is 6.04 Å². The van der Waals surface area contributed by atoms with Crippen molar-refractivity contribution in [2.45, 2.75) is 25.0 Å². The first-order valence-electron chi connectivity index (χ1n) is 6.81. The third-order valence-corrected chi connectivity index (χ3v) is 3.37. The lowest BCUT2D eigenvalue weighted by Gasteiger charge is -2.14. The van der Waals surface area contributed by atoms with Gasteiger partial charge in [-0.1, -0.05) is 18.2 Å². The van der Waals surface area contributed by atoms with Crippen LogP contribution in [0.25, 0.3) is 0 Å². The quantitative estimate of drug-likeness (QED) is 0.326. The molecule has 114 valence electrons. The van der Waals surface area contributed by atoms with Crippen LogP contribution < -0.4 is 21.5 Å². The van der Waals surface area contributed by atoms with Gasteiger partial charge in [0.15, 0.2) is 6.04 Å². The van der Waals surface area contributed by atoms with Gasteiger partial charge in [-0.25, -0.2) is 10.9 Å². The Balaban J connectivity index is 1.76. The summed E-state index contributed by atoms with van der Waals surface area (Å²) in [7, 11) is 0. The number of carbonyl (C=O) groups excluding carboxylic acids is 1. The standard InChI is InChI=1S/C13H19N5O3/c1-9-12(18(20)21)11(17-16-9)13(19)15-8-7-14-10-5-3-2-4-6-10/h2-6,9,11-12,14,16-17H,7-8H2,1H3,(H,15,19). The van der Waals surface area contributed by atoms with Crippen molar-refractivity contribution in [3.63, 3.8) is 0 Å². The van der Waals surface area contributed by atoms with Crippen LogP contribution in [0.15, 0.2) is 30.3 Å². The first-order chi connectivity index (χ1) is 10.1. The van der Waals surface area contributed by atoms with Crippen LogP contribution in [0.1, 0.15) is 6.92 Å². The number of nitro groups is 1. The van der Waals surface area contributed by atoms with E-state index >= 15 is 0 Å². The van der Waals surface area contributed by atoms with Crippen LogP contribution in [0.3, 0.4) is 0 Å². The van der Waals surface area contributed by atoms with Gasteiger partial charge in [0.05, 0.1) is 6.04 Å². The van der Waals surface area contributed by atoms with Gasteiger partial charge in [-0.2, -0.15) is 0 Å². The number of nitrogens with one attached hydrogen (secondary N) is 4. The highest BCUT2D eigenvalue weighted by molar-refractivity contribution is 5.82. The smallest absolute Gasteiger partial charge is 0.254 e. The minimum Gasteiger partial charge on any atom is -0.383 e. The molecule has 0 spiro atoms. The average molecular weight is 293 g/mol. The average Bonchev–Trinajstić information content (AvgIpc) is 2.86. The molecule has 1 aromatic rings. The van der Waals surface area contributed by atoms with Gasteiger partial charge in [0, 0.05) is 23.7 Å². The molecule has 0 saturated carbocycles. The maximum absolute atomic E-state index is 12.0. The second kappa shape index (κ2) is 7.00. The van der Waals surface area contributed by atoms with Crippen molar-refractivity contribution in [1.29, 1.82) is 0 Å². The number of hydrazine groups is 1. The zero-order chi connectivity index (χ0) is 15.2. The lowest BCUT2D eigenvalue weighted by Crippen LogP contribution is -2.50. The van der Waals surface area contributed by atoms with E-state index in [0.29, 0.717) is 13.1 Å². The predicted molar refractivity (Wildman–Crippen MR) is 78.2 cm³/mol. The molecule has 3 unspecified atom stereocenters. The van der Waals surface area contributed by atoms with Gasteiger partial charge in [0.2, 0.25) is 5.91 Å². The third kappa shape index (κ3) is 3.89. The highest BCUT2D eigenvalue weighted by atomic mass is 16.6. The Bertz CT molecular complexity index is 496. The van der Waals surface area contributed by atoms with Gasteiger partial charge >= 0.3 is 0 Å². The van der Waals surface area contributed by atoms with Gasteiger partial charge in [-0.3, -0.25) is 14.9 Å². The Morgan fingerprint density at radius 3 is 2.67 bits per heavy atom. The Morgan fingerprint density at radius 1 is 1.29 bits per heavy atom. The molecule has 2 rings (SSSR count). The fourth-order valence-corrected chi connectivity index (χ4v) is 2.26. The number of hydrogen-bond donors (Lipinski definition) is 4. The zero-order valence-electron chi connectivity index (χ0n) is 11.7. The summed E-state index contributed by atoms with van der Waals surface area (Å²) in [6, 6.07) is 7.39. The molecule has 1 amide bonds. The van der Waals surface area contributed by atoms with E-state index < -0.39 is 23.0 Å². The monoisotopic (exact) mass is 293 g/mol. The molecule has 1 aliphatic heterocycles. The molecule has 1 saturated heterocycles. The first kappa shape index (κ1) is 15.2. The Labute approximate surface area is 122 Å². The normalized spacial score (nSPS) is 24.5. The molecule has 8 heteroatoms. The Hall–Kier alpha value is -2.19. The van der Waals surface area contributed by atoms with Crippen LogP contribution in [-0.2, 0) is 4.79 Å². The summed E-state index contributed by atoms with van der Waals surface area (Å²) in [6.07, 6.45) is 0. The van der Waals surface area contributed by atoms with E-state index in [1.165, 1.54) is 0 Å². The van der Waals surface area contributed by atoms with Crippen molar-refractivity contribution < 1.29 is 9.72 Å². The highest BCUT2D eigenvalue weighted by Gasteiger charge is 2.46. The summed E-state index contributed by atoms with van der Waals surface area (Å²) in [5.41, 5.74) is 6.36. The molecular formula is C13H19N5O3.